The van der Waals surface area contributed by atoms with Crippen LogP contribution < -0.4 is 10.6 Å². The third-order valence-corrected chi connectivity index (χ3v) is 5.90. The maximum absolute atomic E-state index is 13.1. The number of amides is 2. The van der Waals surface area contributed by atoms with Crippen molar-refractivity contribution in [3.63, 3.8) is 0 Å². The molecule has 2 unspecified atom stereocenters. The lowest BCUT2D eigenvalue weighted by atomic mass is 9.85. The molecule has 1 heterocycles. The van der Waals surface area contributed by atoms with Gasteiger partial charge in [0.1, 0.15) is 11.8 Å². The van der Waals surface area contributed by atoms with Crippen LogP contribution in [0.1, 0.15) is 44.2 Å². The maximum atomic E-state index is 13.1. The van der Waals surface area contributed by atoms with Crippen LogP contribution in [0.2, 0.25) is 0 Å². The number of likely N-dealkylation sites (N-methyl/N-ethyl adjacent to an activating group) is 1. The van der Waals surface area contributed by atoms with Gasteiger partial charge in [0.15, 0.2) is 0 Å². The smallest absolute Gasteiger partial charge is 0.304 e. The number of carbonyl (C=O) groups excluding carboxylic acids is 2. The van der Waals surface area contributed by atoms with Crippen molar-refractivity contribution in [2.75, 3.05) is 7.05 Å². The van der Waals surface area contributed by atoms with Crippen LogP contribution >= 0.6 is 0 Å². The van der Waals surface area contributed by atoms with Crippen LogP contribution in [0.5, 0.6) is 0 Å². The molecule has 2 aromatic carbocycles. The fourth-order valence-electron chi connectivity index (χ4n) is 3.85. The van der Waals surface area contributed by atoms with Crippen LogP contribution in [0.4, 0.5) is 0 Å². The van der Waals surface area contributed by atoms with Crippen LogP contribution in [0.3, 0.4) is 0 Å². The number of aliphatic carboxylic acids is 1. The first-order chi connectivity index (χ1) is 17.0. The molecule has 3 N–H and O–H groups in total. The first-order valence-electron chi connectivity index (χ1n) is 11.5. The van der Waals surface area contributed by atoms with Gasteiger partial charge in [0.25, 0.3) is 0 Å². The molecule has 8 nitrogen and oxygen atoms in total. The summed E-state index contributed by atoms with van der Waals surface area (Å²) in [5.41, 5.74) is 3.09. The monoisotopic (exact) mass is 487 g/mol. The lowest BCUT2D eigenvalue weighted by molar-refractivity contribution is -0.140. The van der Waals surface area contributed by atoms with E-state index in [0.29, 0.717) is 16.9 Å². The van der Waals surface area contributed by atoms with E-state index in [1.54, 1.807) is 18.2 Å². The topological polar surface area (TPSA) is 132 Å². The molecule has 3 aromatic rings. The van der Waals surface area contributed by atoms with Crippen LogP contribution in [0.25, 0.3) is 22.5 Å². The summed E-state index contributed by atoms with van der Waals surface area (Å²) in [5.74, 6) is -2.62. The zero-order chi connectivity index (χ0) is 26.5. The highest BCUT2D eigenvalue weighted by molar-refractivity contribution is 5.93. The number of benzene rings is 2. The summed E-state index contributed by atoms with van der Waals surface area (Å²) in [4.78, 5) is 37.0. The molecule has 2 atom stereocenters. The predicted molar refractivity (Wildman–Crippen MR) is 135 cm³/mol. The quantitative estimate of drug-likeness (QED) is 0.433. The van der Waals surface area contributed by atoms with Crippen LogP contribution in [0, 0.1) is 16.7 Å². The normalized spacial score (nSPS) is 12.8. The van der Waals surface area contributed by atoms with Crippen molar-refractivity contribution in [3.05, 3.63) is 72.0 Å². The summed E-state index contributed by atoms with van der Waals surface area (Å²) in [6, 6.07) is 17.7. The Morgan fingerprint density at radius 3 is 2.03 bits per heavy atom. The minimum Gasteiger partial charge on any atom is -0.481 e. The van der Waals surface area contributed by atoms with Gasteiger partial charge in [-0.25, -0.2) is 0 Å². The van der Waals surface area contributed by atoms with E-state index < -0.39 is 35.7 Å². The highest BCUT2D eigenvalue weighted by atomic mass is 16.4. The van der Waals surface area contributed by atoms with Gasteiger partial charge in [0, 0.05) is 18.2 Å². The fourth-order valence-corrected chi connectivity index (χ4v) is 3.85. The third kappa shape index (κ3) is 6.19. The number of carbonyl (C=O) groups is 3. The number of hydrogen-bond acceptors (Lipinski definition) is 5. The standard InChI is InChI=1S/C28H29N3O5/c1-28(2,3)25(27(35)30-4)31-26(34)22(14-24(32)33)21-13-23(36-16-21)20-11-9-19(10-12-20)18-7-5-17(15-29)6-8-18/h5-13,16,22,25H,14H2,1-4H3,(H,30,35)(H,31,34)(H,32,33). The number of nitrogens with zero attached hydrogens (tertiary/aromatic N) is 1. The fraction of sp³-hybridized carbons (Fsp3) is 0.286. The van der Waals surface area contributed by atoms with E-state index in [1.165, 1.54) is 13.3 Å². The Labute approximate surface area is 209 Å². The molecule has 36 heavy (non-hydrogen) atoms. The van der Waals surface area contributed by atoms with Crippen LogP contribution in [0.15, 0.2) is 65.3 Å². The summed E-state index contributed by atoms with van der Waals surface area (Å²) in [5, 5.41) is 23.7. The van der Waals surface area contributed by atoms with Crippen molar-refractivity contribution in [1.29, 1.82) is 5.26 Å². The van der Waals surface area contributed by atoms with E-state index in [1.807, 2.05) is 57.2 Å². The Morgan fingerprint density at radius 2 is 1.53 bits per heavy atom. The van der Waals surface area contributed by atoms with Gasteiger partial charge >= 0.3 is 5.97 Å². The molecule has 3 rings (SSSR count). The average molecular weight is 488 g/mol. The summed E-state index contributed by atoms with van der Waals surface area (Å²) < 4.78 is 5.69. The summed E-state index contributed by atoms with van der Waals surface area (Å²) in [7, 11) is 1.48. The van der Waals surface area contributed by atoms with Crippen LogP contribution in [-0.2, 0) is 14.4 Å². The number of nitrogens with one attached hydrogen (secondary N) is 2. The van der Waals surface area contributed by atoms with Crippen molar-refractivity contribution >= 4 is 17.8 Å². The van der Waals surface area contributed by atoms with Crippen molar-refractivity contribution in [1.82, 2.24) is 10.6 Å². The molecule has 0 bridgehead atoms. The SMILES string of the molecule is CNC(=O)C(NC(=O)C(CC(=O)O)c1coc(-c2ccc(-c3ccc(C#N)cc3)cc2)c1)C(C)(C)C. The van der Waals surface area contributed by atoms with Gasteiger partial charge in [-0.3, -0.25) is 14.4 Å². The molecular formula is C28H29N3O5. The third-order valence-electron chi connectivity index (χ3n) is 5.90. The highest BCUT2D eigenvalue weighted by Gasteiger charge is 2.35. The molecular weight excluding hydrogens is 458 g/mol. The maximum Gasteiger partial charge on any atom is 0.304 e. The number of hydrogen-bond donors (Lipinski definition) is 3. The predicted octanol–water partition coefficient (Wildman–Crippen LogP) is 4.32. The second-order valence-corrected chi connectivity index (χ2v) is 9.58. The van der Waals surface area contributed by atoms with Gasteiger partial charge in [-0.2, -0.15) is 5.26 Å². The molecule has 0 radical (unpaired) electrons. The second-order valence-electron chi connectivity index (χ2n) is 9.58. The van der Waals surface area contributed by atoms with E-state index in [-0.39, 0.29) is 5.91 Å². The van der Waals surface area contributed by atoms with Gasteiger partial charge in [0.05, 0.1) is 30.2 Å². The number of rotatable bonds is 8. The van der Waals surface area contributed by atoms with Crippen molar-refractivity contribution in [2.24, 2.45) is 5.41 Å². The van der Waals surface area contributed by atoms with E-state index in [9.17, 15) is 19.5 Å². The number of nitriles is 1. The van der Waals surface area contributed by atoms with E-state index in [4.69, 9.17) is 9.68 Å². The van der Waals surface area contributed by atoms with Crippen molar-refractivity contribution < 1.29 is 23.9 Å². The summed E-state index contributed by atoms with van der Waals surface area (Å²) in [6.45, 7) is 5.45. The zero-order valence-electron chi connectivity index (χ0n) is 20.7. The van der Waals surface area contributed by atoms with E-state index in [2.05, 4.69) is 16.7 Å². The first-order valence-corrected chi connectivity index (χ1v) is 11.5. The van der Waals surface area contributed by atoms with Gasteiger partial charge in [-0.15, -0.1) is 0 Å². The Hall–Kier alpha value is -4.38. The largest absolute Gasteiger partial charge is 0.481 e. The Morgan fingerprint density at radius 1 is 0.972 bits per heavy atom. The molecule has 0 aliphatic carbocycles. The first kappa shape index (κ1) is 26.2. The number of carboxylic acids is 1. The molecule has 0 saturated carbocycles. The number of furan rings is 1. The van der Waals surface area contributed by atoms with Crippen molar-refractivity contribution in [3.8, 4) is 28.5 Å². The molecule has 1 aromatic heterocycles. The van der Waals surface area contributed by atoms with Crippen LogP contribution in [-0.4, -0.2) is 36.0 Å². The molecule has 0 saturated heterocycles. The van der Waals surface area contributed by atoms with Gasteiger partial charge in [-0.05, 0) is 34.7 Å². The highest BCUT2D eigenvalue weighted by Crippen LogP contribution is 2.31. The average Bonchev–Trinajstić information content (AvgIpc) is 3.34. The Kier molecular flexibility index (Phi) is 7.95. The molecule has 0 spiro atoms. The summed E-state index contributed by atoms with van der Waals surface area (Å²) >= 11 is 0. The second kappa shape index (κ2) is 10.9. The minimum atomic E-state index is -1.14. The molecule has 0 fully saturated rings. The van der Waals surface area contributed by atoms with Gasteiger partial charge in [0.2, 0.25) is 11.8 Å². The van der Waals surface area contributed by atoms with E-state index >= 15 is 0 Å². The lowest BCUT2D eigenvalue weighted by Crippen LogP contribution is -2.54. The molecule has 186 valence electrons. The molecule has 8 heteroatoms. The Balaban J connectivity index is 1.84. The van der Waals surface area contributed by atoms with Crippen molar-refractivity contribution in [2.45, 2.75) is 39.2 Å². The molecule has 2 amide bonds. The van der Waals surface area contributed by atoms with Gasteiger partial charge in [-0.1, -0.05) is 57.2 Å². The lowest BCUT2D eigenvalue weighted by Gasteiger charge is -2.31. The number of carboxylic acid groups (broad SMARTS) is 1. The zero-order valence-corrected chi connectivity index (χ0v) is 20.7. The van der Waals surface area contributed by atoms with Gasteiger partial charge < -0.3 is 20.2 Å². The minimum absolute atomic E-state index is 0.361. The van der Waals surface area contributed by atoms with E-state index in [0.717, 1.165) is 16.7 Å². The molecule has 0 aliphatic rings. The molecule has 0 aliphatic heterocycles. The summed E-state index contributed by atoms with van der Waals surface area (Å²) in [6.07, 6.45) is 0.927. The Bertz CT molecular complexity index is 1280.